The van der Waals surface area contributed by atoms with Gasteiger partial charge in [0, 0.05) is 0 Å². The average Bonchev–Trinajstić information content (AvgIpc) is 2.51. The summed E-state index contributed by atoms with van der Waals surface area (Å²) in [4.78, 5) is 2.18. The Morgan fingerprint density at radius 2 is 1.46 bits per heavy atom. The molecule has 0 amide bonds. The fourth-order valence-electron chi connectivity index (χ4n) is 2.63. The number of anilines is 1. The zero-order valence-corrected chi connectivity index (χ0v) is 18.6. The van der Waals surface area contributed by atoms with Gasteiger partial charge >= 0.3 is 165 Å². The standard InChI is InChI=1S/C18H21N2Se.F6P/c1-12-15-8-6-13(19(2)3)10-17(15)21-18-11-14(20(4)5)7-9-16(12)18;1-7(2,3,4,5)6/h6-11H,1-5H3;/q+1;-1. The molecule has 1 aromatic carbocycles. The average molecular weight is 489 g/mol. The van der Waals surface area contributed by atoms with Gasteiger partial charge in [0.05, 0.1) is 0 Å². The van der Waals surface area contributed by atoms with Gasteiger partial charge in [-0.3, -0.25) is 0 Å². The third kappa shape index (κ3) is 6.80. The first-order valence-corrected chi connectivity index (χ1v) is 11.9. The first-order chi connectivity index (χ1) is 12.4. The second kappa shape index (κ2) is 6.75. The summed E-state index contributed by atoms with van der Waals surface area (Å²) in [6, 6.07) is 13.7. The van der Waals surface area contributed by atoms with E-state index >= 15 is 0 Å². The van der Waals surface area contributed by atoms with Crippen LogP contribution in [-0.4, -0.2) is 42.7 Å². The van der Waals surface area contributed by atoms with Gasteiger partial charge < -0.3 is 0 Å². The number of benzene rings is 2. The van der Waals surface area contributed by atoms with Crippen LogP contribution in [-0.2, 0) is 0 Å². The van der Waals surface area contributed by atoms with Crippen molar-refractivity contribution < 1.29 is 25.2 Å². The van der Waals surface area contributed by atoms with Crippen LogP contribution in [0.25, 0.3) is 19.6 Å². The molecule has 0 spiro atoms. The summed E-state index contributed by atoms with van der Waals surface area (Å²) in [6.45, 7) is 2.25. The Labute approximate surface area is 165 Å². The van der Waals surface area contributed by atoms with Gasteiger partial charge in [0.1, 0.15) is 0 Å². The molecule has 2 aliphatic rings. The summed E-state index contributed by atoms with van der Waals surface area (Å²) in [5, 5.41) is 2.71. The number of hydrogen-bond donors (Lipinski definition) is 0. The van der Waals surface area contributed by atoms with E-state index in [1.807, 2.05) is 0 Å². The summed E-state index contributed by atoms with van der Waals surface area (Å²) in [6.07, 6.45) is 0. The number of fused-ring (bicyclic) bond motifs is 2. The van der Waals surface area contributed by atoms with Crippen LogP contribution in [0, 0.1) is 6.92 Å². The molecular weight excluding hydrogens is 468 g/mol. The second-order valence-corrected chi connectivity index (χ2v) is 11.0. The maximum absolute atomic E-state index is 10.7. The molecule has 0 unspecified atom stereocenters. The van der Waals surface area contributed by atoms with E-state index in [4.69, 9.17) is 0 Å². The van der Waals surface area contributed by atoms with E-state index in [0.29, 0.717) is 14.5 Å². The van der Waals surface area contributed by atoms with Crippen molar-refractivity contribution in [2.24, 2.45) is 0 Å². The molecule has 2 nitrogen and oxygen atoms in total. The number of halogens is 6. The topological polar surface area (TPSA) is 6.25 Å². The van der Waals surface area contributed by atoms with Crippen molar-refractivity contribution in [2.75, 3.05) is 33.1 Å². The molecule has 1 aliphatic heterocycles. The van der Waals surface area contributed by atoms with E-state index in [9.17, 15) is 25.2 Å². The minimum absolute atomic E-state index is 0.377. The molecular formula is C18H21F6N2PSe. The molecule has 0 fully saturated rings. The van der Waals surface area contributed by atoms with Gasteiger partial charge in [0.2, 0.25) is 0 Å². The predicted molar refractivity (Wildman–Crippen MR) is 107 cm³/mol. The van der Waals surface area contributed by atoms with Crippen LogP contribution in [0.4, 0.5) is 30.9 Å². The maximum atomic E-state index is 9.87. The Kier molecular flexibility index (Phi) is 5.48. The fraction of sp³-hybridized carbons (Fsp3) is 0.278. The van der Waals surface area contributed by atoms with E-state index in [-0.39, 0.29) is 0 Å². The Morgan fingerprint density at radius 3 is 1.96 bits per heavy atom. The molecule has 1 aromatic rings. The molecule has 10 heteroatoms. The summed E-state index contributed by atoms with van der Waals surface area (Å²) in [7, 11) is -2.24. The van der Waals surface area contributed by atoms with E-state index in [1.165, 1.54) is 36.3 Å². The Bertz CT molecular complexity index is 1060. The minimum atomic E-state index is -10.7. The Morgan fingerprint density at radius 1 is 0.893 bits per heavy atom. The number of rotatable bonds is 1. The van der Waals surface area contributed by atoms with Crippen LogP contribution in [0.3, 0.4) is 0 Å². The normalized spacial score (nSPS) is 14.1. The van der Waals surface area contributed by atoms with Crippen molar-refractivity contribution in [3.8, 4) is 10.0 Å². The van der Waals surface area contributed by atoms with E-state index in [2.05, 4.69) is 81.0 Å². The van der Waals surface area contributed by atoms with Crippen molar-refractivity contribution in [2.45, 2.75) is 6.92 Å². The number of aryl methyl sites for hydroxylation is 1. The van der Waals surface area contributed by atoms with Crippen molar-refractivity contribution in [1.29, 1.82) is 0 Å². The van der Waals surface area contributed by atoms with Crippen LogP contribution in [0.15, 0.2) is 36.4 Å². The van der Waals surface area contributed by atoms with Crippen molar-refractivity contribution in [3.05, 3.63) is 47.3 Å². The third-order valence-corrected chi connectivity index (χ3v) is 6.33. The van der Waals surface area contributed by atoms with Crippen LogP contribution < -0.4 is 14.8 Å². The SMILES string of the molecule is Cc1c2ccc(=[N+](C)C)cc-2[se]c2cc(N(C)C)ccc12.F[P-](F)(F)(F)(F)F. The van der Waals surface area contributed by atoms with Crippen molar-refractivity contribution in [1.82, 2.24) is 4.58 Å². The fourth-order valence-corrected chi connectivity index (χ4v) is 5.27. The van der Waals surface area contributed by atoms with Crippen LogP contribution in [0.1, 0.15) is 5.56 Å². The van der Waals surface area contributed by atoms with Gasteiger partial charge in [-0.25, -0.2) is 0 Å². The van der Waals surface area contributed by atoms with Crippen LogP contribution in [0.5, 0.6) is 0 Å². The first-order valence-electron chi connectivity index (χ1n) is 8.13. The van der Waals surface area contributed by atoms with E-state index in [1.54, 1.807) is 0 Å². The molecule has 1 aliphatic carbocycles. The Hall–Kier alpha value is -1.56. The molecule has 0 N–H and O–H groups in total. The predicted octanol–water partition coefficient (Wildman–Crippen LogP) is 5.79. The van der Waals surface area contributed by atoms with Gasteiger partial charge in [0.25, 0.3) is 0 Å². The number of hydrogen-bond acceptors (Lipinski definition) is 1. The molecule has 0 radical (unpaired) electrons. The summed E-state index contributed by atoms with van der Waals surface area (Å²) in [5.74, 6) is 0. The van der Waals surface area contributed by atoms with Gasteiger partial charge in [-0.1, -0.05) is 0 Å². The van der Waals surface area contributed by atoms with Gasteiger partial charge in [0.15, 0.2) is 0 Å². The molecule has 156 valence electrons. The molecule has 28 heavy (non-hydrogen) atoms. The van der Waals surface area contributed by atoms with Gasteiger partial charge in [-0.2, -0.15) is 0 Å². The third-order valence-electron chi connectivity index (χ3n) is 3.99. The molecule has 0 saturated heterocycles. The number of nitrogens with zero attached hydrogens (tertiary/aromatic N) is 2. The zero-order valence-electron chi connectivity index (χ0n) is 16.0. The molecule has 0 bridgehead atoms. The summed E-state index contributed by atoms with van der Waals surface area (Å²) >= 11 is 0.377. The quantitative estimate of drug-likeness (QED) is 0.138. The molecule has 1 heterocycles. The molecule has 0 atom stereocenters. The van der Waals surface area contributed by atoms with Crippen molar-refractivity contribution >= 4 is 37.6 Å². The van der Waals surface area contributed by atoms with Gasteiger partial charge in [-0.05, 0) is 0 Å². The molecule has 0 aromatic heterocycles. The second-order valence-electron chi connectivity index (χ2n) is 6.84. The monoisotopic (exact) mass is 490 g/mol. The van der Waals surface area contributed by atoms with Crippen LogP contribution in [0.2, 0.25) is 0 Å². The first kappa shape index (κ1) is 22.7. The Balaban J connectivity index is 0.000000345. The summed E-state index contributed by atoms with van der Waals surface area (Å²) < 4.78 is 64.4. The van der Waals surface area contributed by atoms with Gasteiger partial charge in [-0.15, -0.1) is 0 Å². The summed E-state index contributed by atoms with van der Waals surface area (Å²) in [5.41, 5.74) is 4.12. The van der Waals surface area contributed by atoms with E-state index < -0.39 is 7.81 Å². The molecule has 0 saturated carbocycles. The zero-order chi connectivity index (χ0) is 21.6. The van der Waals surface area contributed by atoms with E-state index in [0.717, 1.165) is 0 Å². The molecule has 3 rings (SSSR count). The van der Waals surface area contributed by atoms with Crippen molar-refractivity contribution in [3.63, 3.8) is 0 Å². The van der Waals surface area contributed by atoms with Crippen LogP contribution >= 0.6 is 7.81 Å².